The van der Waals surface area contributed by atoms with E-state index in [2.05, 4.69) is 57.1 Å². The summed E-state index contributed by atoms with van der Waals surface area (Å²) in [7, 11) is 1.65. The summed E-state index contributed by atoms with van der Waals surface area (Å²) in [6.45, 7) is 10.9. The summed E-state index contributed by atoms with van der Waals surface area (Å²) in [5.41, 5.74) is 3.61. The molecule has 4 rings (SSSR count). The first-order valence-electron chi connectivity index (χ1n) is 10.2. The molecule has 1 heterocycles. The van der Waals surface area contributed by atoms with Crippen LogP contribution in [0.15, 0.2) is 48.5 Å². The molecule has 2 aromatic carbocycles. The Morgan fingerprint density at radius 1 is 1.10 bits per heavy atom. The van der Waals surface area contributed by atoms with Crippen molar-refractivity contribution in [3.8, 4) is 5.75 Å². The van der Waals surface area contributed by atoms with E-state index < -0.39 is 5.41 Å². The second-order valence-corrected chi connectivity index (χ2v) is 9.88. The van der Waals surface area contributed by atoms with Crippen LogP contribution in [0.5, 0.6) is 5.75 Å². The molecule has 1 aromatic heterocycles. The van der Waals surface area contributed by atoms with Gasteiger partial charge in [-0.15, -0.1) is 0 Å². The Hall–Kier alpha value is -2.75. The van der Waals surface area contributed by atoms with E-state index in [-0.39, 0.29) is 18.2 Å². The Labute approximate surface area is 174 Å². The maximum absolute atomic E-state index is 13.4. The van der Waals surface area contributed by atoms with Crippen LogP contribution >= 0.6 is 0 Å². The zero-order valence-electron chi connectivity index (χ0n) is 18.1. The Morgan fingerprint density at radius 2 is 1.76 bits per heavy atom. The van der Waals surface area contributed by atoms with E-state index in [0.717, 1.165) is 34.3 Å². The van der Waals surface area contributed by atoms with Gasteiger partial charge in [0.2, 0.25) is 5.91 Å². The minimum atomic E-state index is -0.511. The van der Waals surface area contributed by atoms with E-state index in [9.17, 15) is 4.79 Å². The Balaban J connectivity index is 0.00000256. The van der Waals surface area contributed by atoms with E-state index in [4.69, 9.17) is 4.74 Å². The first-order valence-corrected chi connectivity index (χ1v) is 10.2. The highest BCUT2D eigenvalue weighted by atomic mass is 16.5. The molecule has 4 nitrogen and oxygen atoms in total. The fourth-order valence-corrected chi connectivity index (χ4v) is 4.36. The highest BCUT2D eigenvalue weighted by Gasteiger charge is 2.67. The minimum Gasteiger partial charge on any atom is -0.497 e. The van der Waals surface area contributed by atoms with Gasteiger partial charge in [-0.05, 0) is 53.8 Å². The number of fused-ring (bicyclic) bond motifs is 1. The fourth-order valence-electron chi connectivity index (χ4n) is 4.36. The number of rotatable bonds is 4. The van der Waals surface area contributed by atoms with Crippen molar-refractivity contribution in [1.82, 2.24) is 4.98 Å². The predicted molar refractivity (Wildman–Crippen MR) is 121 cm³/mol. The molecule has 1 aliphatic rings. The number of carbonyl (C=O) groups excluding carboxylic acids is 1. The van der Waals surface area contributed by atoms with E-state index in [1.165, 1.54) is 5.69 Å². The molecule has 0 radical (unpaired) electrons. The first-order chi connectivity index (χ1) is 13.6. The van der Waals surface area contributed by atoms with Crippen molar-refractivity contribution < 1.29 is 11.0 Å². The summed E-state index contributed by atoms with van der Waals surface area (Å²) in [5, 5.41) is 4.30. The Kier molecular flexibility index (Phi) is 4.30. The number of ether oxygens (including phenoxy) is 1. The Bertz CT molecular complexity index is 1080. The fraction of sp³-hybridized carbons (Fsp3) is 0.400. The molecule has 0 saturated heterocycles. The van der Waals surface area contributed by atoms with E-state index >= 15 is 0 Å². The van der Waals surface area contributed by atoms with Crippen LogP contribution in [0, 0.1) is 5.41 Å². The molecule has 1 aliphatic carbocycles. The quantitative estimate of drug-likeness (QED) is 0.570. The van der Waals surface area contributed by atoms with Crippen molar-refractivity contribution in [2.24, 2.45) is 5.41 Å². The van der Waals surface area contributed by atoms with Crippen LogP contribution < -0.4 is 10.1 Å². The highest BCUT2D eigenvalue weighted by molar-refractivity contribution is 6.03. The molecule has 1 amide bonds. The molecule has 0 bridgehead atoms. The molecule has 29 heavy (non-hydrogen) atoms. The summed E-state index contributed by atoms with van der Waals surface area (Å²) in [5.74, 6) is 0.855. The summed E-state index contributed by atoms with van der Waals surface area (Å²) >= 11 is 0. The first kappa shape index (κ1) is 19.6. The van der Waals surface area contributed by atoms with Gasteiger partial charge in [0.05, 0.1) is 12.5 Å². The van der Waals surface area contributed by atoms with Crippen molar-refractivity contribution in [3.63, 3.8) is 0 Å². The number of methoxy groups -OCH3 is 1. The average Bonchev–Trinajstić information content (AvgIpc) is 3.03. The second kappa shape index (κ2) is 6.38. The second-order valence-electron chi connectivity index (χ2n) is 9.88. The summed E-state index contributed by atoms with van der Waals surface area (Å²) in [6, 6.07) is 16.1. The number of H-pyrrole nitrogens is 1. The van der Waals surface area contributed by atoms with Gasteiger partial charge >= 0.3 is 0 Å². The van der Waals surface area contributed by atoms with Gasteiger partial charge in [0.25, 0.3) is 0 Å². The molecule has 1 saturated carbocycles. The molecule has 1 fully saturated rings. The van der Waals surface area contributed by atoms with Gasteiger partial charge in [-0.25, -0.2) is 0 Å². The zero-order valence-corrected chi connectivity index (χ0v) is 18.1. The van der Waals surface area contributed by atoms with Crippen LogP contribution in [0.2, 0.25) is 0 Å². The van der Waals surface area contributed by atoms with Crippen LogP contribution in [0.25, 0.3) is 10.9 Å². The van der Waals surface area contributed by atoms with Crippen molar-refractivity contribution in [1.29, 1.82) is 0 Å². The normalized spacial score (nSPS) is 20.5. The molecule has 2 N–H and O–H groups in total. The highest BCUT2D eigenvalue weighted by Crippen LogP contribution is 2.64. The predicted octanol–water partition coefficient (Wildman–Crippen LogP) is 6.03. The number of nitrogens with one attached hydrogen (secondary N) is 2. The number of benzene rings is 2. The van der Waals surface area contributed by atoms with E-state index in [0.29, 0.717) is 0 Å². The molecule has 154 valence electrons. The zero-order chi connectivity index (χ0) is 21.0. The monoisotopic (exact) mass is 392 g/mol. The number of hydrogen-bond donors (Lipinski definition) is 2. The van der Waals surface area contributed by atoms with Gasteiger partial charge in [-0.1, -0.05) is 46.8 Å². The third-order valence-corrected chi connectivity index (χ3v) is 6.39. The molecule has 1 unspecified atom stereocenters. The van der Waals surface area contributed by atoms with Crippen LogP contribution in [-0.2, 0) is 15.6 Å². The SMILES string of the molecule is COc1ccc(C2(C(=O)Nc3ccc4[nH]c(C(C)(C)C)cc4c3)CC2(C)C)cc1.[HH]. The van der Waals surface area contributed by atoms with Gasteiger partial charge < -0.3 is 15.0 Å². The summed E-state index contributed by atoms with van der Waals surface area (Å²) < 4.78 is 5.27. The number of aromatic amines is 1. The largest absolute Gasteiger partial charge is 0.497 e. The summed E-state index contributed by atoms with van der Waals surface area (Å²) in [6.07, 6.45) is 0.832. The van der Waals surface area contributed by atoms with Crippen molar-refractivity contribution in [3.05, 3.63) is 59.8 Å². The molecular weight excluding hydrogens is 360 g/mol. The van der Waals surface area contributed by atoms with Crippen LogP contribution in [-0.4, -0.2) is 18.0 Å². The van der Waals surface area contributed by atoms with Crippen LogP contribution in [0.4, 0.5) is 5.69 Å². The van der Waals surface area contributed by atoms with Crippen LogP contribution in [0.1, 0.15) is 53.7 Å². The standard InChI is InChI=1S/C25H30N2O2.H2/c1-23(2,3)21-14-16-13-18(9-12-20(16)27-21)26-22(28)25(15-24(25,4)5)17-7-10-19(29-6)11-8-17;/h7-14,27H,15H2,1-6H3,(H,26,28);1H. The molecular formula is C25H32N2O2. The van der Waals surface area contributed by atoms with Crippen LogP contribution in [0.3, 0.4) is 0 Å². The Morgan fingerprint density at radius 3 is 2.31 bits per heavy atom. The number of carbonyl (C=O) groups is 1. The van der Waals surface area contributed by atoms with E-state index in [1.54, 1.807) is 7.11 Å². The maximum atomic E-state index is 13.4. The van der Waals surface area contributed by atoms with E-state index in [1.807, 2.05) is 36.4 Å². The number of aromatic nitrogens is 1. The smallest absolute Gasteiger partial charge is 0.235 e. The van der Waals surface area contributed by atoms with Crippen molar-refractivity contribution >= 4 is 22.5 Å². The molecule has 0 aliphatic heterocycles. The van der Waals surface area contributed by atoms with Gasteiger partial charge in [0.1, 0.15) is 5.75 Å². The lowest BCUT2D eigenvalue weighted by Crippen LogP contribution is -2.32. The van der Waals surface area contributed by atoms with Gasteiger partial charge in [-0.3, -0.25) is 4.79 Å². The topological polar surface area (TPSA) is 54.1 Å². The van der Waals surface area contributed by atoms with Crippen molar-refractivity contribution in [2.45, 2.75) is 51.9 Å². The number of anilines is 1. The maximum Gasteiger partial charge on any atom is 0.235 e. The lowest BCUT2D eigenvalue weighted by Gasteiger charge is -2.21. The molecule has 0 spiro atoms. The molecule has 1 atom stereocenters. The van der Waals surface area contributed by atoms with Gasteiger partial charge in [0, 0.05) is 29.1 Å². The minimum absolute atomic E-state index is 0. The van der Waals surface area contributed by atoms with Gasteiger partial charge in [-0.2, -0.15) is 0 Å². The third kappa shape index (κ3) is 3.21. The molecule has 4 heteroatoms. The number of hydrogen-bond acceptors (Lipinski definition) is 2. The third-order valence-electron chi connectivity index (χ3n) is 6.39. The summed E-state index contributed by atoms with van der Waals surface area (Å²) in [4.78, 5) is 16.9. The van der Waals surface area contributed by atoms with Gasteiger partial charge in [0.15, 0.2) is 0 Å². The lowest BCUT2D eigenvalue weighted by atomic mass is 9.87. The lowest BCUT2D eigenvalue weighted by molar-refractivity contribution is -0.119. The molecule has 3 aromatic rings. The van der Waals surface area contributed by atoms with Crippen molar-refractivity contribution in [2.75, 3.05) is 12.4 Å². The number of amides is 1. The average molecular weight is 393 g/mol.